The molecule has 2 aromatic rings. The zero-order valence-electron chi connectivity index (χ0n) is 14.7. The molecule has 1 unspecified atom stereocenters. The molecule has 1 atom stereocenters. The quantitative estimate of drug-likeness (QED) is 0.554. The summed E-state index contributed by atoms with van der Waals surface area (Å²) in [6.45, 7) is 2.04. The van der Waals surface area contributed by atoms with E-state index in [0.717, 1.165) is 30.6 Å². The highest BCUT2D eigenvalue weighted by Gasteiger charge is 2.34. The average molecular weight is 358 g/mol. The third kappa shape index (κ3) is 3.89. The number of ether oxygens (including phenoxy) is 3. The fourth-order valence-corrected chi connectivity index (χ4v) is 2.91. The largest absolute Gasteiger partial charge is 0.462 e. The van der Waals surface area contributed by atoms with Gasteiger partial charge in [0.15, 0.2) is 0 Å². The molecule has 0 spiro atoms. The molecule has 0 saturated carbocycles. The molecule has 7 nitrogen and oxygen atoms in total. The van der Waals surface area contributed by atoms with Crippen LogP contribution in [-0.2, 0) is 11.2 Å². The molecule has 0 bridgehead atoms. The van der Waals surface area contributed by atoms with Gasteiger partial charge in [0, 0.05) is 31.7 Å². The van der Waals surface area contributed by atoms with Gasteiger partial charge in [-0.2, -0.15) is 0 Å². The predicted molar refractivity (Wildman–Crippen MR) is 95.9 cm³/mol. The van der Waals surface area contributed by atoms with E-state index in [4.69, 9.17) is 19.4 Å². The molecule has 3 rings (SSSR count). The molecule has 0 radical (unpaired) electrons. The van der Waals surface area contributed by atoms with Gasteiger partial charge in [-0.15, -0.1) is 0 Å². The van der Waals surface area contributed by atoms with Crippen molar-refractivity contribution in [3.8, 4) is 17.2 Å². The van der Waals surface area contributed by atoms with Crippen molar-refractivity contribution in [2.45, 2.75) is 32.0 Å². The minimum Gasteiger partial charge on any atom is -0.462 e. The highest BCUT2D eigenvalue weighted by Crippen LogP contribution is 2.38. The standard InChI is InChI=1S/C19H22N2O5/c1-3-19(24-2)11-10-13-4-7-16(12-17(13)26-19)25-15-8-5-14(6-9-15)20-18(22)21-23/h4-9,12,23H,3,10-11H2,1-2H3,(H2,20,21,22). The first-order valence-corrected chi connectivity index (χ1v) is 8.43. The summed E-state index contributed by atoms with van der Waals surface area (Å²) in [6.07, 6.45) is 2.48. The number of methoxy groups -OCH3 is 1. The molecule has 0 aliphatic carbocycles. The molecule has 2 aromatic carbocycles. The van der Waals surface area contributed by atoms with E-state index >= 15 is 0 Å². The van der Waals surface area contributed by atoms with Crippen LogP contribution in [0.15, 0.2) is 42.5 Å². The molecule has 138 valence electrons. The number of hydroxylamine groups is 1. The summed E-state index contributed by atoms with van der Waals surface area (Å²) in [5.74, 6) is 1.46. The number of fused-ring (bicyclic) bond motifs is 1. The Hall–Kier alpha value is -2.77. The van der Waals surface area contributed by atoms with Crippen molar-refractivity contribution in [3.05, 3.63) is 48.0 Å². The zero-order chi connectivity index (χ0) is 18.6. The first kappa shape index (κ1) is 18.0. The van der Waals surface area contributed by atoms with Crippen molar-refractivity contribution in [2.75, 3.05) is 12.4 Å². The first-order valence-electron chi connectivity index (χ1n) is 8.43. The lowest BCUT2D eigenvalue weighted by Gasteiger charge is -2.36. The Balaban J connectivity index is 1.72. The molecule has 1 aliphatic rings. The number of nitrogens with one attached hydrogen (secondary N) is 2. The molecule has 26 heavy (non-hydrogen) atoms. The monoisotopic (exact) mass is 358 g/mol. The summed E-state index contributed by atoms with van der Waals surface area (Å²) >= 11 is 0. The van der Waals surface area contributed by atoms with E-state index in [0.29, 0.717) is 17.2 Å². The molecule has 3 N–H and O–H groups in total. The molecule has 2 amide bonds. The Kier molecular flexibility index (Phi) is 5.29. The number of urea groups is 1. The molecule has 0 aromatic heterocycles. The van der Waals surface area contributed by atoms with Crippen LogP contribution >= 0.6 is 0 Å². The Morgan fingerprint density at radius 3 is 2.62 bits per heavy atom. The summed E-state index contributed by atoms with van der Waals surface area (Å²) in [4.78, 5) is 11.1. The number of benzene rings is 2. The number of carbonyl (C=O) groups is 1. The fraction of sp³-hybridized carbons (Fsp3) is 0.316. The highest BCUT2D eigenvalue weighted by atomic mass is 16.7. The van der Waals surface area contributed by atoms with Gasteiger partial charge in [0.25, 0.3) is 0 Å². The number of hydrogen-bond donors (Lipinski definition) is 3. The maximum Gasteiger partial charge on any atom is 0.342 e. The molecule has 7 heteroatoms. The van der Waals surface area contributed by atoms with Gasteiger partial charge in [0.1, 0.15) is 17.2 Å². The summed E-state index contributed by atoms with van der Waals surface area (Å²) in [7, 11) is 1.67. The van der Waals surface area contributed by atoms with Crippen molar-refractivity contribution >= 4 is 11.7 Å². The summed E-state index contributed by atoms with van der Waals surface area (Å²) in [6, 6.07) is 11.9. The molecule has 0 saturated heterocycles. The molecular formula is C19H22N2O5. The van der Waals surface area contributed by atoms with Gasteiger partial charge in [-0.3, -0.25) is 5.21 Å². The van der Waals surface area contributed by atoms with Crippen LogP contribution in [-0.4, -0.2) is 24.1 Å². The van der Waals surface area contributed by atoms with Gasteiger partial charge >= 0.3 is 6.03 Å². The first-order chi connectivity index (χ1) is 12.6. The second-order valence-electron chi connectivity index (χ2n) is 6.03. The van der Waals surface area contributed by atoms with Gasteiger partial charge in [0.2, 0.25) is 5.79 Å². The van der Waals surface area contributed by atoms with E-state index in [2.05, 4.69) is 5.32 Å². The summed E-state index contributed by atoms with van der Waals surface area (Å²) in [5.41, 5.74) is 3.17. The highest BCUT2D eigenvalue weighted by molar-refractivity contribution is 5.88. The van der Waals surface area contributed by atoms with Crippen molar-refractivity contribution in [2.24, 2.45) is 0 Å². The van der Waals surface area contributed by atoms with Gasteiger partial charge < -0.3 is 19.5 Å². The number of anilines is 1. The second kappa shape index (κ2) is 7.63. The zero-order valence-corrected chi connectivity index (χ0v) is 14.7. The van der Waals surface area contributed by atoms with E-state index in [9.17, 15) is 4.79 Å². The van der Waals surface area contributed by atoms with E-state index in [1.165, 1.54) is 5.48 Å². The van der Waals surface area contributed by atoms with Crippen LogP contribution in [0.3, 0.4) is 0 Å². The normalized spacial score (nSPS) is 18.4. The maximum atomic E-state index is 11.1. The Bertz CT molecular complexity index is 772. The molecule has 0 fully saturated rings. The van der Waals surface area contributed by atoms with Crippen LogP contribution in [0.25, 0.3) is 0 Å². The fourth-order valence-electron chi connectivity index (χ4n) is 2.91. The number of rotatable bonds is 5. The van der Waals surface area contributed by atoms with Gasteiger partial charge in [0.05, 0.1) is 0 Å². The van der Waals surface area contributed by atoms with Crippen LogP contribution in [0, 0.1) is 0 Å². The lowest BCUT2D eigenvalue weighted by atomic mass is 9.98. The third-order valence-electron chi connectivity index (χ3n) is 4.47. The lowest BCUT2D eigenvalue weighted by Crippen LogP contribution is -2.40. The Labute approximate surface area is 151 Å². The van der Waals surface area contributed by atoms with Crippen LogP contribution in [0.2, 0.25) is 0 Å². The maximum absolute atomic E-state index is 11.1. The summed E-state index contributed by atoms with van der Waals surface area (Å²) in [5, 5.41) is 11.0. The smallest absolute Gasteiger partial charge is 0.342 e. The topological polar surface area (TPSA) is 89.1 Å². The van der Waals surface area contributed by atoms with Crippen molar-refractivity contribution in [1.29, 1.82) is 0 Å². The van der Waals surface area contributed by atoms with E-state index in [1.54, 1.807) is 31.4 Å². The van der Waals surface area contributed by atoms with Gasteiger partial charge in [-0.25, -0.2) is 10.3 Å². The molecule has 1 heterocycles. The number of hydrogen-bond acceptors (Lipinski definition) is 5. The number of amides is 2. The van der Waals surface area contributed by atoms with Gasteiger partial charge in [-0.1, -0.05) is 13.0 Å². The van der Waals surface area contributed by atoms with Crippen LogP contribution < -0.4 is 20.3 Å². The van der Waals surface area contributed by atoms with Crippen molar-refractivity contribution < 1.29 is 24.2 Å². The molecule has 1 aliphatic heterocycles. The van der Waals surface area contributed by atoms with Gasteiger partial charge in [-0.05, 0) is 42.3 Å². The average Bonchev–Trinajstić information content (AvgIpc) is 2.68. The lowest BCUT2D eigenvalue weighted by molar-refractivity contribution is -0.176. The SMILES string of the molecule is CCC1(OC)CCc2ccc(Oc3ccc(NC(=O)NO)cc3)cc2O1. The summed E-state index contributed by atoms with van der Waals surface area (Å²) < 4.78 is 17.5. The van der Waals surface area contributed by atoms with Crippen LogP contribution in [0.1, 0.15) is 25.3 Å². The van der Waals surface area contributed by atoms with Crippen LogP contribution in [0.5, 0.6) is 17.2 Å². The van der Waals surface area contributed by atoms with E-state index in [1.807, 2.05) is 25.1 Å². The number of aryl methyl sites for hydroxylation is 1. The minimum absolute atomic E-state index is 0.533. The Morgan fingerprint density at radius 2 is 1.96 bits per heavy atom. The van der Waals surface area contributed by atoms with Crippen molar-refractivity contribution in [3.63, 3.8) is 0 Å². The van der Waals surface area contributed by atoms with E-state index in [-0.39, 0.29) is 0 Å². The number of carbonyl (C=O) groups excluding carboxylic acids is 1. The van der Waals surface area contributed by atoms with Crippen molar-refractivity contribution in [1.82, 2.24) is 5.48 Å². The second-order valence-corrected chi connectivity index (χ2v) is 6.03. The Morgan fingerprint density at radius 1 is 1.23 bits per heavy atom. The van der Waals surface area contributed by atoms with Crippen LogP contribution in [0.4, 0.5) is 10.5 Å². The predicted octanol–water partition coefficient (Wildman–Crippen LogP) is 4.07. The van der Waals surface area contributed by atoms with E-state index < -0.39 is 11.8 Å². The molecular weight excluding hydrogens is 336 g/mol. The minimum atomic E-state index is -0.706. The third-order valence-corrected chi connectivity index (χ3v) is 4.47.